The highest BCUT2D eigenvalue weighted by Crippen LogP contribution is 2.25. The average Bonchev–Trinajstić information content (AvgIpc) is 2.90. The van der Waals surface area contributed by atoms with Crippen LogP contribution < -0.4 is 5.43 Å². The van der Waals surface area contributed by atoms with Gasteiger partial charge in [0.05, 0.1) is 11.0 Å². The van der Waals surface area contributed by atoms with Crippen LogP contribution in [0.2, 0.25) is 0 Å². The third kappa shape index (κ3) is 4.43. The SMILES string of the molecule is Cc1ccc(C(=O)C(OC(=O)Cn2c3ccccc3c(=O)c3ccccc32)c2ccc(C)cc2)cc1. The van der Waals surface area contributed by atoms with E-state index in [2.05, 4.69) is 0 Å². The molecule has 0 aliphatic rings. The molecule has 1 unspecified atom stereocenters. The number of nitrogens with zero attached hydrogens (tertiary/aromatic N) is 1. The number of hydrogen-bond acceptors (Lipinski definition) is 4. The number of carbonyl (C=O) groups is 2. The first-order chi connectivity index (χ1) is 17.4. The molecule has 0 saturated carbocycles. The molecule has 0 N–H and O–H groups in total. The fourth-order valence-electron chi connectivity index (χ4n) is 4.43. The van der Waals surface area contributed by atoms with Gasteiger partial charge in [-0.1, -0.05) is 83.9 Å². The van der Waals surface area contributed by atoms with Gasteiger partial charge >= 0.3 is 5.97 Å². The summed E-state index contributed by atoms with van der Waals surface area (Å²) < 4.78 is 7.64. The van der Waals surface area contributed by atoms with Crippen molar-refractivity contribution in [3.8, 4) is 0 Å². The number of esters is 1. The summed E-state index contributed by atoms with van der Waals surface area (Å²) in [4.78, 5) is 39.8. The normalized spacial score (nSPS) is 11.9. The highest BCUT2D eigenvalue weighted by atomic mass is 16.5. The number of aryl methyl sites for hydroxylation is 2. The summed E-state index contributed by atoms with van der Waals surface area (Å²) in [7, 11) is 0. The van der Waals surface area contributed by atoms with Gasteiger partial charge in [0.1, 0.15) is 6.54 Å². The first-order valence-corrected chi connectivity index (χ1v) is 11.8. The van der Waals surface area contributed by atoms with Gasteiger partial charge in [-0.25, -0.2) is 0 Å². The Morgan fingerprint density at radius 1 is 0.722 bits per heavy atom. The van der Waals surface area contributed by atoms with Crippen LogP contribution in [0.4, 0.5) is 0 Å². The molecule has 5 nitrogen and oxygen atoms in total. The van der Waals surface area contributed by atoms with Crippen molar-refractivity contribution >= 4 is 33.6 Å². The number of rotatable bonds is 6. The molecule has 0 amide bonds. The van der Waals surface area contributed by atoms with Crippen molar-refractivity contribution in [3.63, 3.8) is 0 Å². The van der Waals surface area contributed by atoms with Gasteiger partial charge in [0.2, 0.25) is 5.78 Å². The van der Waals surface area contributed by atoms with Crippen molar-refractivity contribution in [2.45, 2.75) is 26.5 Å². The fourth-order valence-corrected chi connectivity index (χ4v) is 4.43. The van der Waals surface area contributed by atoms with E-state index in [1.54, 1.807) is 41.0 Å². The van der Waals surface area contributed by atoms with E-state index in [0.717, 1.165) is 11.1 Å². The summed E-state index contributed by atoms with van der Waals surface area (Å²) in [6, 6.07) is 29.0. The molecule has 1 atom stereocenters. The number of benzene rings is 4. The maximum absolute atomic E-state index is 13.5. The van der Waals surface area contributed by atoms with Crippen LogP contribution in [0.5, 0.6) is 0 Å². The second kappa shape index (κ2) is 9.62. The Labute approximate surface area is 208 Å². The van der Waals surface area contributed by atoms with E-state index >= 15 is 0 Å². The molecule has 36 heavy (non-hydrogen) atoms. The number of aromatic nitrogens is 1. The van der Waals surface area contributed by atoms with Crippen LogP contribution in [0.15, 0.2) is 102 Å². The highest BCUT2D eigenvalue weighted by molar-refractivity contribution is 6.01. The number of Topliss-reactive ketones (excluding diaryl/α,β-unsaturated/α-hetero) is 1. The standard InChI is InChI=1S/C31H25NO4/c1-20-11-15-22(16-12-20)29(34)31(23-17-13-21(2)14-18-23)36-28(33)19-32-26-9-5-3-7-24(26)30(35)25-8-4-6-10-27(25)32/h3-18,31H,19H2,1-2H3. The van der Waals surface area contributed by atoms with Crippen molar-refractivity contribution in [2.24, 2.45) is 0 Å². The Morgan fingerprint density at radius 3 is 1.78 bits per heavy atom. The summed E-state index contributed by atoms with van der Waals surface area (Å²) in [5, 5.41) is 1.05. The second-order valence-electron chi connectivity index (χ2n) is 8.96. The van der Waals surface area contributed by atoms with Crippen molar-refractivity contribution < 1.29 is 14.3 Å². The highest BCUT2D eigenvalue weighted by Gasteiger charge is 2.27. The Kier molecular flexibility index (Phi) is 6.21. The molecule has 0 radical (unpaired) electrons. The summed E-state index contributed by atoms with van der Waals surface area (Å²) >= 11 is 0. The van der Waals surface area contributed by atoms with Crippen LogP contribution in [0.1, 0.15) is 33.2 Å². The molecule has 1 heterocycles. The second-order valence-corrected chi connectivity index (χ2v) is 8.96. The van der Waals surface area contributed by atoms with E-state index in [0.29, 0.717) is 32.9 Å². The molecule has 0 saturated heterocycles. The van der Waals surface area contributed by atoms with E-state index in [-0.39, 0.29) is 17.8 Å². The van der Waals surface area contributed by atoms with Gasteiger partial charge in [-0.05, 0) is 38.1 Å². The van der Waals surface area contributed by atoms with E-state index in [1.165, 1.54) is 0 Å². The summed E-state index contributed by atoms with van der Waals surface area (Å²) in [5.74, 6) is -0.859. The van der Waals surface area contributed by atoms with Crippen LogP contribution >= 0.6 is 0 Å². The third-order valence-electron chi connectivity index (χ3n) is 6.37. The van der Waals surface area contributed by atoms with Crippen LogP contribution in [0.25, 0.3) is 21.8 Å². The van der Waals surface area contributed by atoms with Crippen molar-refractivity contribution in [1.29, 1.82) is 0 Å². The van der Waals surface area contributed by atoms with Gasteiger partial charge in [-0.3, -0.25) is 14.4 Å². The average molecular weight is 476 g/mol. The summed E-state index contributed by atoms with van der Waals surface area (Å²) in [6.45, 7) is 3.76. The number of fused-ring (bicyclic) bond motifs is 2. The molecule has 5 heteroatoms. The summed E-state index contributed by atoms with van der Waals surface area (Å²) in [5.41, 5.74) is 4.33. The molecule has 0 spiro atoms. The van der Waals surface area contributed by atoms with Gasteiger partial charge in [0.15, 0.2) is 11.5 Å². The van der Waals surface area contributed by atoms with E-state index in [9.17, 15) is 14.4 Å². The molecular weight excluding hydrogens is 450 g/mol. The van der Waals surface area contributed by atoms with Gasteiger partial charge in [-0.15, -0.1) is 0 Å². The Hall–Kier alpha value is -4.51. The van der Waals surface area contributed by atoms with Gasteiger partial charge in [0, 0.05) is 21.9 Å². The number of carbonyl (C=O) groups excluding carboxylic acids is 2. The predicted molar refractivity (Wildman–Crippen MR) is 141 cm³/mol. The molecule has 5 aromatic rings. The minimum atomic E-state index is -1.09. The monoisotopic (exact) mass is 475 g/mol. The molecule has 4 aromatic carbocycles. The molecule has 0 aliphatic heterocycles. The Bertz CT molecular complexity index is 1590. The predicted octanol–water partition coefficient (Wildman–Crippen LogP) is 5.94. The van der Waals surface area contributed by atoms with E-state index in [4.69, 9.17) is 4.74 Å². The minimum Gasteiger partial charge on any atom is -0.448 e. The maximum atomic E-state index is 13.5. The molecule has 0 bridgehead atoms. The minimum absolute atomic E-state index is 0.0853. The van der Waals surface area contributed by atoms with Crippen molar-refractivity contribution in [1.82, 2.24) is 4.57 Å². The largest absolute Gasteiger partial charge is 0.448 e. The quantitative estimate of drug-likeness (QED) is 0.173. The topological polar surface area (TPSA) is 65.4 Å². The number of para-hydroxylation sites is 2. The number of pyridine rings is 1. The number of ketones is 1. The molecular formula is C31H25NO4. The molecule has 0 aliphatic carbocycles. The summed E-state index contributed by atoms with van der Waals surface area (Å²) in [6.07, 6.45) is -1.09. The van der Waals surface area contributed by atoms with Crippen molar-refractivity contribution in [3.05, 3.63) is 130 Å². The van der Waals surface area contributed by atoms with Crippen LogP contribution in [0, 0.1) is 13.8 Å². The van der Waals surface area contributed by atoms with Crippen LogP contribution in [0.3, 0.4) is 0 Å². The van der Waals surface area contributed by atoms with Crippen LogP contribution in [-0.4, -0.2) is 16.3 Å². The molecule has 5 rings (SSSR count). The number of hydrogen-bond donors (Lipinski definition) is 0. The zero-order chi connectivity index (χ0) is 25.2. The van der Waals surface area contributed by atoms with Gasteiger partial charge < -0.3 is 9.30 Å². The number of ether oxygens (including phenoxy) is 1. The van der Waals surface area contributed by atoms with Gasteiger partial charge in [0.25, 0.3) is 0 Å². The fraction of sp³-hybridized carbons (Fsp3) is 0.129. The van der Waals surface area contributed by atoms with Crippen LogP contribution in [-0.2, 0) is 16.1 Å². The zero-order valence-electron chi connectivity index (χ0n) is 20.1. The molecule has 178 valence electrons. The lowest BCUT2D eigenvalue weighted by Crippen LogP contribution is -2.24. The zero-order valence-corrected chi connectivity index (χ0v) is 20.1. The third-order valence-corrected chi connectivity index (χ3v) is 6.37. The lowest BCUT2D eigenvalue weighted by Gasteiger charge is -2.20. The molecule has 0 fully saturated rings. The molecule has 1 aromatic heterocycles. The Balaban J connectivity index is 1.54. The van der Waals surface area contributed by atoms with Crippen molar-refractivity contribution in [2.75, 3.05) is 0 Å². The lowest BCUT2D eigenvalue weighted by atomic mass is 9.98. The Morgan fingerprint density at radius 2 is 1.22 bits per heavy atom. The van der Waals surface area contributed by atoms with E-state index < -0.39 is 12.1 Å². The van der Waals surface area contributed by atoms with E-state index in [1.807, 2.05) is 74.5 Å². The smallest absolute Gasteiger partial charge is 0.327 e. The lowest BCUT2D eigenvalue weighted by molar-refractivity contribution is -0.147. The maximum Gasteiger partial charge on any atom is 0.327 e. The van der Waals surface area contributed by atoms with Gasteiger partial charge in [-0.2, -0.15) is 0 Å². The first kappa shape index (κ1) is 23.2. The first-order valence-electron chi connectivity index (χ1n) is 11.8.